The number of benzene rings is 1. The molecule has 1 aromatic rings. The highest BCUT2D eigenvalue weighted by molar-refractivity contribution is 5.88. The largest absolute Gasteiger partial charge is 0.508 e. The van der Waals surface area contributed by atoms with Gasteiger partial charge in [-0.05, 0) is 38.7 Å². The van der Waals surface area contributed by atoms with Crippen molar-refractivity contribution in [2.45, 2.75) is 32.7 Å². The van der Waals surface area contributed by atoms with Crippen LogP contribution in [-0.4, -0.2) is 23.0 Å². The molecule has 19 heavy (non-hydrogen) atoms. The monoisotopic (exact) mass is 259 g/mol. The van der Waals surface area contributed by atoms with E-state index < -0.39 is 0 Å². The van der Waals surface area contributed by atoms with Gasteiger partial charge in [-0.3, -0.25) is 4.79 Å². The maximum Gasteiger partial charge on any atom is 0.246 e. The lowest BCUT2D eigenvalue weighted by molar-refractivity contribution is -0.126. The number of phenols is 1. The first-order chi connectivity index (χ1) is 9.00. The number of amides is 1. The standard InChI is InChI=1S/C16H21NO2/c1-11(13-8-9-13)10-16(19)17(3)12(2)14-6-4-5-7-15(14)18/h4-7,10,12-13,18H,8-9H2,1-3H3/b11-10-. The third-order valence-electron chi connectivity index (χ3n) is 3.89. The quantitative estimate of drug-likeness (QED) is 0.843. The molecular formula is C16H21NO2. The zero-order valence-electron chi connectivity index (χ0n) is 11.8. The minimum Gasteiger partial charge on any atom is -0.508 e. The zero-order valence-corrected chi connectivity index (χ0v) is 11.8. The minimum atomic E-state index is -0.142. The van der Waals surface area contributed by atoms with Gasteiger partial charge >= 0.3 is 0 Å². The van der Waals surface area contributed by atoms with E-state index in [2.05, 4.69) is 0 Å². The van der Waals surface area contributed by atoms with E-state index in [0.717, 1.165) is 5.56 Å². The summed E-state index contributed by atoms with van der Waals surface area (Å²) in [5.41, 5.74) is 1.94. The Hall–Kier alpha value is -1.77. The number of rotatable bonds is 4. The lowest BCUT2D eigenvalue weighted by Crippen LogP contribution is -2.28. The summed E-state index contributed by atoms with van der Waals surface area (Å²) in [7, 11) is 1.77. The lowest BCUT2D eigenvalue weighted by atomic mass is 10.1. The van der Waals surface area contributed by atoms with E-state index in [-0.39, 0.29) is 17.7 Å². The van der Waals surface area contributed by atoms with E-state index in [4.69, 9.17) is 0 Å². The van der Waals surface area contributed by atoms with Crippen molar-refractivity contribution < 1.29 is 9.90 Å². The number of carbonyl (C=O) groups is 1. The van der Waals surface area contributed by atoms with Gasteiger partial charge in [0.15, 0.2) is 0 Å². The minimum absolute atomic E-state index is 0.000142. The number of nitrogens with zero attached hydrogens (tertiary/aromatic N) is 1. The van der Waals surface area contributed by atoms with Crippen LogP contribution >= 0.6 is 0 Å². The van der Waals surface area contributed by atoms with Gasteiger partial charge in [-0.2, -0.15) is 0 Å². The number of allylic oxidation sites excluding steroid dienone is 1. The van der Waals surface area contributed by atoms with Crippen LogP contribution in [-0.2, 0) is 4.79 Å². The molecular weight excluding hydrogens is 238 g/mol. The van der Waals surface area contributed by atoms with Gasteiger partial charge in [0.05, 0.1) is 6.04 Å². The van der Waals surface area contributed by atoms with Crippen LogP contribution < -0.4 is 0 Å². The van der Waals surface area contributed by atoms with Gasteiger partial charge in [0, 0.05) is 18.7 Å². The second kappa shape index (κ2) is 5.47. The molecule has 0 saturated heterocycles. The van der Waals surface area contributed by atoms with Crippen molar-refractivity contribution in [2.24, 2.45) is 5.92 Å². The maximum atomic E-state index is 12.2. The van der Waals surface area contributed by atoms with Gasteiger partial charge < -0.3 is 10.0 Å². The van der Waals surface area contributed by atoms with Gasteiger partial charge in [-0.15, -0.1) is 0 Å². The van der Waals surface area contributed by atoms with Gasteiger partial charge in [0.2, 0.25) is 5.91 Å². The third-order valence-corrected chi connectivity index (χ3v) is 3.89. The molecule has 2 rings (SSSR count). The number of carbonyl (C=O) groups excluding carboxylic acids is 1. The number of likely N-dealkylation sites (N-methyl/N-ethyl adjacent to an activating group) is 1. The van der Waals surface area contributed by atoms with Gasteiger partial charge in [-0.25, -0.2) is 0 Å². The van der Waals surface area contributed by atoms with Gasteiger partial charge in [0.25, 0.3) is 0 Å². The van der Waals surface area contributed by atoms with E-state index >= 15 is 0 Å². The Morgan fingerprint density at radius 1 is 1.42 bits per heavy atom. The Morgan fingerprint density at radius 2 is 2.05 bits per heavy atom. The van der Waals surface area contributed by atoms with E-state index in [1.165, 1.54) is 18.4 Å². The summed E-state index contributed by atoms with van der Waals surface area (Å²) in [6.45, 7) is 3.95. The average Bonchev–Trinajstić information content (AvgIpc) is 3.21. The van der Waals surface area contributed by atoms with Crippen LogP contribution in [0.5, 0.6) is 5.75 Å². The number of aromatic hydroxyl groups is 1. The Kier molecular flexibility index (Phi) is 3.93. The van der Waals surface area contributed by atoms with Crippen LogP contribution in [0.25, 0.3) is 0 Å². The predicted octanol–water partition coefficient (Wildman–Crippen LogP) is 3.27. The smallest absolute Gasteiger partial charge is 0.246 e. The molecule has 1 aliphatic rings. The molecule has 3 nitrogen and oxygen atoms in total. The fourth-order valence-corrected chi connectivity index (χ4v) is 2.19. The van der Waals surface area contributed by atoms with E-state index in [1.54, 1.807) is 30.2 Å². The molecule has 1 saturated carbocycles. The Labute approximate surface area is 114 Å². The van der Waals surface area contributed by atoms with Crippen molar-refractivity contribution in [3.05, 3.63) is 41.5 Å². The van der Waals surface area contributed by atoms with Crippen LogP contribution in [0.2, 0.25) is 0 Å². The predicted molar refractivity (Wildman–Crippen MR) is 75.8 cm³/mol. The molecule has 1 unspecified atom stereocenters. The molecule has 102 valence electrons. The Morgan fingerprint density at radius 3 is 2.63 bits per heavy atom. The molecule has 0 aromatic heterocycles. The van der Waals surface area contributed by atoms with Crippen LogP contribution in [0.4, 0.5) is 0 Å². The Bertz CT molecular complexity index is 503. The van der Waals surface area contributed by atoms with Crippen molar-refractivity contribution in [3.63, 3.8) is 0 Å². The van der Waals surface area contributed by atoms with Crippen LogP contribution in [0.3, 0.4) is 0 Å². The highest BCUT2D eigenvalue weighted by Gasteiger charge is 2.25. The zero-order chi connectivity index (χ0) is 14.0. The number of hydrogen-bond donors (Lipinski definition) is 1. The third kappa shape index (κ3) is 3.16. The van der Waals surface area contributed by atoms with E-state index in [0.29, 0.717) is 5.92 Å². The van der Waals surface area contributed by atoms with E-state index in [9.17, 15) is 9.90 Å². The van der Waals surface area contributed by atoms with Crippen molar-refractivity contribution >= 4 is 5.91 Å². The fourth-order valence-electron chi connectivity index (χ4n) is 2.19. The summed E-state index contributed by atoms with van der Waals surface area (Å²) < 4.78 is 0. The summed E-state index contributed by atoms with van der Waals surface area (Å²) in [5, 5.41) is 9.84. The van der Waals surface area contributed by atoms with Crippen LogP contribution in [0, 0.1) is 5.92 Å². The number of para-hydroxylation sites is 1. The highest BCUT2D eigenvalue weighted by atomic mass is 16.3. The number of hydrogen-bond acceptors (Lipinski definition) is 2. The normalized spacial score (nSPS) is 17.1. The summed E-state index contributed by atoms with van der Waals surface area (Å²) in [6.07, 6.45) is 4.14. The fraction of sp³-hybridized carbons (Fsp3) is 0.438. The molecule has 0 bridgehead atoms. The molecule has 1 aliphatic carbocycles. The summed E-state index contributed by atoms with van der Waals surface area (Å²) in [4.78, 5) is 13.8. The first-order valence-electron chi connectivity index (χ1n) is 6.73. The summed E-state index contributed by atoms with van der Waals surface area (Å²) >= 11 is 0. The Balaban J connectivity index is 2.10. The molecule has 1 N–H and O–H groups in total. The molecule has 0 heterocycles. The summed E-state index contributed by atoms with van der Waals surface area (Å²) in [6, 6.07) is 7.01. The second-order valence-electron chi connectivity index (χ2n) is 5.35. The molecule has 1 atom stereocenters. The molecule has 0 aliphatic heterocycles. The second-order valence-corrected chi connectivity index (χ2v) is 5.35. The molecule has 3 heteroatoms. The van der Waals surface area contributed by atoms with Crippen molar-refractivity contribution in [1.82, 2.24) is 4.90 Å². The van der Waals surface area contributed by atoms with Crippen LogP contribution in [0.15, 0.2) is 35.9 Å². The van der Waals surface area contributed by atoms with Crippen molar-refractivity contribution in [3.8, 4) is 5.75 Å². The molecule has 0 radical (unpaired) electrons. The van der Waals surface area contributed by atoms with Gasteiger partial charge in [-0.1, -0.05) is 23.8 Å². The lowest BCUT2D eigenvalue weighted by Gasteiger charge is -2.25. The van der Waals surface area contributed by atoms with Crippen molar-refractivity contribution in [1.29, 1.82) is 0 Å². The molecule has 0 spiro atoms. The van der Waals surface area contributed by atoms with Gasteiger partial charge in [0.1, 0.15) is 5.75 Å². The number of phenolic OH excluding ortho intramolecular Hbond substituents is 1. The molecule has 1 amide bonds. The first kappa shape index (κ1) is 13.7. The summed E-state index contributed by atoms with van der Waals surface area (Å²) in [5.74, 6) is 0.843. The van der Waals surface area contributed by atoms with E-state index in [1.807, 2.05) is 26.0 Å². The topological polar surface area (TPSA) is 40.5 Å². The SMILES string of the molecule is C/C(=C/C(=O)N(C)C(C)c1ccccc1O)C1CC1. The maximum absolute atomic E-state index is 12.2. The molecule has 1 fully saturated rings. The first-order valence-corrected chi connectivity index (χ1v) is 6.73. The average molecular weight is 259 g/mol. The molecule has 1 aromatic carbocycles. The van der Waals surface area contributed by atoms with Crippen molar-refractivity contribution in [2.75, 3.05) is 7.05 Å². The van der Waals surface area contributed by atoms with Crippen LogP contribution in [0.1, 0.15) is 38.3 Å². The highest BCUT2D eigenvalue weighted by Crippen LogP contribution is 2.36.